The number of hydrogen-bond donors (Lipinski definition) is 3. The average Bonchev–Trinajstić information content (AvgIpc) is 1.54. The van der Waals surface area contributed by atoms with Crippen LogP contribution in [0.5, 0.6) is 0 Å². The standard InChI is InChI=1S/C7H13N3/c1-5-3-6(8)4-7(2,9)10-5/h3-4,10H,8-9H2,1-2H3. The molecule has 1 aliphatic heterocycles. The van der Waals surface area contributed by atoms with Crippen LogP contribution in [0, 0.1) is 0 Å². The molecule has 0 saturated heterocycles. The zero-order valence-electron chi connectivity index (χ0n) is 6.31. The van der Waals surface area contributed by atoms with Gasteiger partial charge in [0.1, 0.15) is 5.66 Å². The summed E-state index contributed by atoms with van der Waals surface area (Å²) in [5.41, 5.74) is 12.6. The van der Waals surface area contributed by atoms with Gasteiger partial charge in [-0.25, -0.2) is 0 Å². The highest BCUT2D eigenvalue weighted by atomic mass is 15.1. The van der Waals surface area contributed by atoms with Gasteiger partial charge in [0.15, 0.2) is 0 Å². The molecule has 0 radical (unpaired) electrons. The van der Waals surface area contributed by atoms with Crippen molar-refractivity contribution in [3.05, 3.63) is 23.5 Å². The fraction of sp³-hybridized carbons (Fsp3) is 0.429. The number of hydrogen-bond acceptors (Lipinski definition) is 3. The Balaban J connectivity index is 2.88. The van der Waals surface area contributed by atoms with E-state index in [1.54, 1.807) is 6.08 Å². The van der Waals surface area contributed by atoms with Gasteiger partial charge in [-0.15, -0.1) is 0 Å². The Hall–Kier alpha value is -0.960. The van der Waals surface area contributed by atoms with Gasteiger partial charge < -0.3 is 16.8 Å². The summed E-state index contributed by atoms with van der Waals surface area (Å²) < 4.78 is 0. The lowest BCUT2D eigenvalue weighted by molar-refractivity contribution is 0.493. The molecule has 1 heterocycles. The highest BCUT2D eigenvalue weighted by Gasteiger charge is 2.17. The molecule has 0 amide bonds. The van der Waals surface area contributed by atoms with Gasteiger partial charge in [-0.1, -0.05) is 0 Å². The molecular weight excluding hydrogens is 126 g/mol. The first-order valence-corrected chi connectivity index (χ1v) is 3.23. The summed E-state index contributed by atoms with van der Waals surface area (Å²) in [6, 6.07) is 0. The van der Waals surface area contributed by atoms with Crippen molar-refractivity contribution >= 4 is 0 Å². The predicted octanol–water partition coefficient (Wildman–Crippen LogP) is 0.0109. The lowest BCUT2D eigenvalue weighted by Gasteiger charge is -2.27. The number of rotatable bonds is 0. The molecule has 10 heavy (non-hydrogen) atoms. The highest BCUT2D eigenvalue weighted by molar-refractivity contribution is 5.28. The minimum atomic E-state index is -0.483. The van der Waals surface area contributed by atoms with Crippen molar-refractivity contribution in [1.82, 2.24) is 5.32 Å². The molecule has 0 saturated carbocycles. The summed E-state index contributed by atoms with van der Waals surface area (Å²) in [5, 5.41) is 3.07. The number of allylic oxidation sites excluding steroid dienone is 2. The van der Waals surface area contributed by atoms with Crippen LogP contribution in [-0.2, 0) is 0 Å². The second-order valence-corrected chi connectivity index (χ2v) is 2.88. The fourth-order valence-corrected chi connectivity index (χ4v) is 1.13. The maximum atomic E-state index is 5.75. The van der Waals surface area contributed by atoms with Gasteiger partial charge in [0.25, 0.3) is 0 Å². The van der Waals surface area contributed by atoms with Crippen molar-refractivity contribution in [3.8, 4) is 0 Å². The summed E-state index contributed by atoms with van der Waals surface area (Å²) in [6.45, 7) is 3.81. The molecule has 1 atom stereocenters. The third kappa shape index (κ3) is 1.51. The van der Waals surface area contributed by atoms with E-state index in [2.05, 4.69) is 5.32 Å². The maximum Gasteiger partial charge on any atom is 0.104 e. The molecule has 5 N–H and O–H groups in total. The molecule has 0 aromatic carbocycles. The van der Waals surface area contributed by atoms with Crippen molar-refractivity contribution in [2.75, 3.05) is 0 Å². The number of nitrogens with one attached hydrogen (secondary N) is 1. The average molecular weight is 139 g/mol. The third-order valence-electron chi connectivity index (χ3n) is 1.32. The molecule has 0 bridgehead atoms. The summed E-state index contributed by atoms with van der Waals surface area (Å²) >= 11 is 0. The topological polar surface area (TPSA) is 64.1 Å². The third-order valence-corrected chi connectivity index (χ3v) is 1.32. The molecule has 3 nitrogen and oxygen atoms in total. The molecular formula is C7H13N3. The van der Waals surface area contributed by atoms with Gasteiger partial charge >= 0.3 is 0 Å². The van der Waals surface area contributed by atoms with Gasteiger partial charge in [0.05, 0.1) is 0 Å². The zero-order chi connectivity index (χ0) is 7.78. The molecule has 1 aliphatic rings. The van der Waals surface area contributed by atoms with Gasteiger partial charge in [-0.05, 0) is 26.0 Å². The quantitative estimate of drug-likeness (QED) is 0.443. The van der Waals surface area contributed by atoms with Crippen molar-refractivity contribution in [2.24, 2.45) is 11.5 Å². The largest absolute Gasteiger partial charge is 0.399 e. The van der Waals surface area contributed by atoms with E-state index in [-0.39, 0.29) is 0 Å². The molecule has 56 valence electrons. The Morgan fingerprint density at radius 1 is 1.60 bits per heavy atom. The summed E-state index contributed by atoms with van der Waals surface area (Å²) in [6.07, 6.45) is 3.65. The summed E-state index contributed by atoms with van der Waals surface area (Å²) in [7, 11) is 0. The molecule has 0 aromatic heterocycles. The van der Waals surface area contributed by atoms with E-state index in [4.69, 9.17) is 11.5 Å². The van der Waals surface area contributed by atoms with E-state index in [1.165, 1.54) is 0 Å². The first-order chi connectivity index (χ1) is 4.49. The van der Waals surface area contributed by atoms with E-state index >= 15 is 0 Å². The van der Waals surface area contributed by atoms with Crippen LogP contribution in [0.2, 0.25) is 0 Å². The first-order valence-electron chi connectivity index (χ1n) is 3.23. The Bertz CT molecular complexity index is 201. The van der Waals surface area contributed by atoms with Crippen molar-refractivity contribution in [3.63, 3.8) is 0 Å². The fourth-order valence-electron chi connectivity index (χ4n) is 1.13. The Morgan fingerprint density at radius 3 is 2.60 bits per heavy atom. The van der Waals surface area contributed by atoms with E-state index < -0.39 is 5.66 Å². The molecule has 1 rings (SSSR count). The first kappa shape index (κ1) is 7.15. The summed E-state index contributed by atoms with van der Waals surface area (Å²) in [5.74, 6) is 0. The van der Waals surface area contributed by atoms with Crippen LogP contribution in [0.3, 0.4) is 0 Å². The molecule has 0 fully saturated rings. The van der Waals surface area contributed by atoms with Crippen molar-refractivity contribution in [1.29, 1.82) is 0 Å². The second-order valence-electron chi connectivity index (χ2n) is 2.88. The zero-order valence-corrected chi connectivity index (χ0v) is 6.31. The highest BCUT2D eigenvalue weighted by Crippen LogP contribution is 2.09. The molecule has 3 heteroatoms. The Labute approximate surface area is 60.8 Å². The minimum Gasteiger partial charge on any atom is -0.399 e. The molecule has 0 aliphatic carbocycles. The second kappa shape index (κ2) is 2.02. The van der Waals surface area contributed by atoms with Crippen LogP contribution in [0.15, 0.2) is 23.5 Å². The van der Waals surface area contributed by atoms with Gasteiger partial charge in [0.2, 0.25) is 0 Å². The smallest absolute Gasteiger partial charge is 0.104 e. The van der Waals surface area contributed by atoms with Crippen LogP contribution in [0.4, 0.5) is 0 Å². The van der Waals surface area contributed by atoms with E-state index in [0.29, 0.717) is 0 Å². The van der Waals surface area contributed by atoms with Gasteiger partial charge in [-0.2, -0.15) is 0 Å². The molecule has 1 unspecified atom stereocenters. The SMILES string of the molecule is CC1=CC(N)=CC(C)(N)N1. The summed E-state index contributed by atoms with van der Waals surface area (Å²) in [4.78, 5) is 0. The molecule has 0 aromatic rings. The van der Waals surface area contributed by atoms with E-state index in [1.807, 2.05) is 19.9 Å². The van der Waals surface area contributed by atoms with Crippen LogP contribution >= 0.6 is 0 Å². The van der Waals surface area contributed by atoms with Crippen LogP contribution in [0.25, 0.3) is 0 Å². The monoisotopic (exact) mass is 139 g/mol. The van der Waals surface area contributed by atoms with Crippen molar-refractivity contribution in [2.45, 2.75) is 19.5 Å². The lowest BCUT2D eigenvalue weighted by atomic mass is 10.1. The number of dihydropyridines is 1. The van der Waals surface area contributed by atoms with E-state index in [9.17, 15) is 0 Å². The van der Waals surface area contributed by atoms with Crippen LogP contribution in [-0.4, -0.2) is 5.66 Å². The molecule has 0 spiro atoms. The van der Waals surface area contributed by atoms with E-state index in [0.717, 1.165) is 11.4 Å². The normalized spacial score (nSPS) is 32.3. The van der Waals surface area contributed by atoms with Crippen LogP contribution < -0.4 is 16.8 Å². The van der Waals surface area contributed by atoms with Gasteiger partial charge in [-0.3, -0.25) is 0 Å². The van der Waals surface area contributed by atoms with Gasteiger partial charge in [0, 0.05) is 11.4 Å². The Kier molecular flexibility index (Phi) is 1.45. The lowest BCUT2D eigenvalue weighted by Crippen LogP contribution is -2.50. The number of nitrogens with two attached hydrogens (primary N) is 2. The van der Waals surface area contributed by atoms with Crippen molar-refractivity contribution < 1.29 is 0 Å². The Morgan fingerprint density at radius 2 is 2.20 bits per heavy atom. The maximum absolute atomic E-state index is 5.75. The minimum absolute atomic E-state index is 0.483. The van der Waals surface area contributed by atoms with Crippen LogP contribution in [0.1, 0.15) is 13.8 Å². The predicted molar refractivity (Wildman–Crippen MR) is 41.8 cm³/mol.